The molecule has 0 atom stereocenters. The zero-order valence-electron chi connectivity index (χ0n) is 13.7. The summed E-state index contributed by atoms with van der Waals surface area (Å²) in [6.45, 7) is 7.44. The number of nitrogens with zero attached hydrogens (tertiary/aromatic N) is 3. The second kappa shape index (κ2) is 6.56. The van der Waals surface area contributed by atoms with Crippen LogP contribution in [0.3, 0.4) is 0 Å². The van der Waals surface area contributed by atoms with E-state index in [-0.39, 0.29) is 11.8 Å². The average Bonchev–Trinajstić information content (AvgIpc) is 2.51. The third kappa shape index (κ3) is 4.12. The summed E-state index contributed by atoms with van der Waals surface area (Å²) in [5.74, 6) is -0.674. The molecule has 0 aliphatic rings. The molecule has 0 bridgehead atoms. The van der Waals surface area contributed by atoms with Crippen LogP contribution in [-0.4, -0.2) is 32.6 Å². The summed E-state index contributed by atoms with van der Waals surface area (Å²) in [6.07, 6.45) is 2.82. The van der Waals surface area contributed by atoms with E-state index in [1.54, 1.807) is 24.3 Å². The van der Waals surface area contributed by atoms with E-state index < -0.39 is 5.54 Å². The van der Waals surface area contributed by atoms with Gasteiger partial charge in [-0.05, 0) is 45.9 Å². The molecule has 2 amide bonds. The largest absolute Gasteiger partial charge is 0.274 e. The smallest absolute Gasteiger partial charge is 0.267 e. The van der Waals surface area contributed by atoms with Crippen molar-refractivity contribution in [2.24, 2.45) is 0 Å². The van der Waals surface area contributed by atoms with Gasteiger partial charge in [0.05, 0.1) is 23.5 Å². The Bertz CT molecular complexity index is 708. The van der Waals surface area contributed by atoms with Gasteiger partial charge in [-0.15, -0.1) is 0 Å². The molecule has 2 aromatic rings. The molecular weight excluding hydrogens is 292 g/mol. The van der Waals surface area contributed by atoms with Crippen molar-refractivity contribution in [2.45, 2.75) is 33.2 Å². The number of nitrogens with one attached hydrogen (secondary N) is 1. The molecule has 1 aromatic heterocycles. The van der Waals surface area contributed by atoms with Gasteiger partial charge in [-0.25, -0.2) is 5.01 Å². The monoisotopic (exact) mass is 312 g/mol. The number of benzene rings is 1. The SMILES string of the molecule is Cc1cccc(C(=O)NN(C(=O)c2ccnnc2)C(C)(C)C)c1. The summed E-state index contributed by atoms with van der Waals surface area (Å²) in [4.78, 5) is 25.1. The Kier molecular flexibility index (Phi) is 4.74. The minimum atomic E-state index is -0.597. The highest BCUT2D eigenvalue weighted by Crippen LogP contribution is 2.15. The molecule has 0 saturated heterocycles. The lowest BCUT2D eigenvalue weighted by Gasteiger charge is -2.35. The minimum Gasteiger partial charge on any atom is -0.267 e. The first-order valence-corrected chi connectivity index (χ1v) is 7.28. The van der Waals surface area contributed by atoms with Crippen LogP contribution >= 0.6 is 0 Å². The molecular formula is C17H20N4O2. The molecule has 2 rings (SSSR count). The van der Waals surface area contributed by atoms with Crippen LogP contribution in [0.15, 0.2) is 42.7 Å². The summed E-state index contributed by atoms with van der Waals surface area (Å²) in [5.41, 5.74) is 3.94. The van der Waals surface area contributed by atoms with Crippen LogP contribution in [-0.2, 0) is 0 Å². The Balaban J connectivity index is 2.27. The van der Waals surface area contributed by atoms with E-state index in [9.17, 15) is 9.59 Å². The van der Waals surface area contributed by atoms with Crippen LogP contribution in [0.4, 0.5) is 0 Å². The summed E-state index contributed by atoms with van der Waals surface area (Å²) >= 11 is 0. The number of hydrogen-bond donors (Lipinski definition) is 1. The van der Waals surface area contributed by atoms with E-state index in [1.807, 2.05) is 33.8 Å². The zero-order valence-corrected chi connectivity index (χ0v) is 13.7. The predicted octanol–water partition coefficient (Wildman–Crippen LogP) is 2.37. The Hall–Kier alpha value is -2.76. The molecule has 0 aliphatic carbocycles. The van der Waals surface area contributed by atoms with Gasteiger partial charge in [0, 0.05) is 5.56 Å². The standard InChI is InChI=1S/C17H20N4O2/c1-12-6-5-7-13(10-12)15(22)20-21(17(2,3)4)16(23)14-8-9-18-19-11-14/h5-11H,1-4H3,(H,20,22). The second-order valence-electron chi connectivity index (χ2n) is 6.25. The molecule has 1 heterocycles. The number of amides is 2. The molecule has 0 spiro atoms. The molecule has 120 valence electrons. The topological polar surface area (TPSA) is 75.2 Å². The van der Waals surface area contributed by atoms with Gasteiger partial charge >= 0.3 is 0 Å². The van der Waals surface area contributed by atoms with E-state index in [4.69, 9.17) is 0 Å². The Morgan fingerprint density at radius 2 is 1.83 bits per heavy atom. The molecule has 0 radical (unpaired) electrons. The van der Waals surface area contributed by atoms with E-state index in [0.717, 1.165) is 5.56 Å². The van der Waals surface area contributed by atoms with Crippen LogP contribution in [0.5, 0.6) is 0 Å². The van der Waals surface area contributed by atoms with Gasteiger partial charge in [-0.3, -0.25) is 15.0 Å². The third-order valence-electron chi connectivity index (χ3n) is 3.20. The maximum Gasteiger partial charge on any atom is 0.274 e. The highest BCUT2D eigenvalue weighted by molar-refractivity contribution is 5.99. The number of hydrazine groups is 1. The molecule has 0 unspecified atom stereocenters. The van der Waals surface area contributed by atoms with Gasteiger partial charge in [-0.1, -0.05) is 17.7 Å². The van der Waals surface area contributed by atoms with Crippen LogP contribution in [0.25, 0.3) is 0 Å². The summed E-state index contributed by atoms with van der Waals surface area (Å²) in [7, 11) is 0. The van der Waals surface area contributed by atoms with Crippen molar-refractivity contribution < 1.29 is 9.59 Å². The summed E-state index contributed by atoms with van der Waals surface area (Å²) in [5, 5.41) is 8.68. The van der Waals surface area contributed by atoms with Gasteiger partial charge in [0.15, 0.2) is 0 Å². The number of carbonyl (C=O) groups excluding carboxylic acids is 2. The molecule has 23 heavy (non-hydrogen) atoms. The van der Waals surface area contributed by atoms with Gasteiger partial charge in [0.25, 0.3) is 11.8 Å². The quantitative estimate of drug-likeness (QED) is 0.864. The van der Waals surface area contributed by atoms with Gasteiger partial charge in [-0.2, -0.15) is 10.2 Å². The van der Waals surface area contributed by atoms with E-state index >= 15 is 0 Å². The average molecular weight is 312 g/mol. The second-order valence-corrected chi connectivity index (χ2v) is 6.25. The Morgan fingerprint density at radius 3 is 2.39 bits per heavy atom. The fraction of sp³-hybridized carbons (Fsp3) is 0.294. The van der Waals surface area contributed by atoms with Gasteiger partial charge in [0.1, 0.15) is 0 Å². The van der Waals surface area contributed by atoms with Crippen LogP contribution in [0.1, 0.15) is 47.1 Å². The number of carbonyl (C=O) groups is 2. The first kappa shape index (κ1) is 16.6. The van der Waals surface area contributed by atoms with E-state index in [1.165, 1.54) is 17.4 Å². The Labute approximate surface area is 135 Å². The van der Waals surface area contributed by atoms with E-state index in [2.05, 4.69) is 15.6 Å². The fourth-order valence-corrected chi connectivity index (χ4v) is 2.02. The lowest BCUT2D eigenvalue weighted by molar-refractivity contribution is 0.0358. The van der Waals surface area contributed by atoms with Crippen LogP contribution in [0, 0.1) is 6.92 Å². The van der Waals surface area contributed by atoms with Crippen LogP contribution in [0.2, 0.25) is 0 Å². The lowest BCUT2D eigenvalue weighted by atomic mass is 10.1. The molecule has 6 heteroatoms. The molecule has 0 aliphatic heterocycles. The first-order valence-electron chi connectivity index (χ1n) is 7.28. The minimum absolute atomic E-state index is 0.334. The number of aromatic nitrogens is 2. The lowest BCUT2D eigenvalue weighted by Crippen LogP contribution is -2.55. The highest BCUT2D eigenvalue weighted by atomic mass is 16.2. The third-order valence-corrected chi connectivity index (χ3v) is 3.20. The normalized spacial score (nSPS) is 11.0. The van der Waals surface area contributed by atoms with Crippen molar-refractivity contribution in [3.05, 3.63) is 59.4 Å². The predicted molar refractivity (Wildman–Crippen MR) is 86.6 cm³/mol. The summed E-state index contributed by atoms with van der Waals surface area (Å²) in [6, 6.07) is 8.76. The van der Waals surface area contributed by atoms with Crippen molar-refractivity contribution in [2.75, 3.05) is 0 Å². The van der Waals surface area contributed by atoms with Gasteiger partial charge in [0.2, 0.25) is 0 Å². The van der Waals surface area contributed by atoms with E-state index in [0.29, 0.717) is 11.1 Å². The fourth-order valence-electron chi connectivity index (χ4n) is 2.02. The Morgan fingerprint density at radius 1 is 1.09 bits per heavy atom. The van der Waals surface area contributed by atoms with Crippen molar-refractivity contribution in [1.29, 1.82) is 0 Å². The summed E-state index contributed by atoms with van der Waals surface area (Å²) < 4.78 is 0. The maximum atomic E-state index is 12.7. The van der Waals surface area contributed by atoms with Crippen molar-refractivity contribution in [3.63, 3.8) is 0 Å². The molecule has 1 aromatic carbocycles. The number of aryl methyl sites for hydroxylation is 1. The van der Waals surface area contributed by atoms with Crippen molar-refractivity contribution in [3.8, 4) is 0 Å². The van der Waals surface area contributed by atoms with Crippen LogP contribution < -0.4 is 5.43 Å². The van der Waals surface area contributed by atoms with Crippen molar-refractivity contribution >= 4 is 11.8 Å². The molecule has 0 saturated carbocycles. The maximum absolute atomic E-state index is 12.7. The number of hydrogen-bond acceptors (Lipinski definition) is 4. The zero-order chi connectivity index (χ0) is 17.0. The molecule has 6 nitrogen and oxygen atoms in total. The first-order chi connectivity index (χ1) is 10.8. The van der Waals surface area contributed by atoms with Gasteiger partial charge < -0.3 is 0 Å². The highest BCUT2D eigenvalue weighted by Gasteiger charge is 2.29. The number of rotatable bonds is 2. The molecule has 1 N–H and O–H groups in total. The molecule has 0 fully saturated rings. The van der Waals surface area contributed by atoms with Crippen molar-refractivity contribution in [1.82, 2.24) is 20.6 Å².